The van der Waals surface area contributed by atoms with Gasteiger partial charge in [-0.2, -0.15) is 5.10 Å². The molecule has 0 radical (unpaired) electrons. The van der Waals surface area contributed by atoms with Crippen LogP contribution in [-0.2, 0) is 17.6 Å². The number of aromatic nitrogens is 2. The Balaban J connectivity index is 2.03. The minimum absolute atomic E-state index is 0.0941. The summed E-state index contributed by atoms with van der Waals surface area (Å²) in [5.41, 5.74) is 2.69. The summed E-state index contributed by atoms with van der Waals surface area (Å²) in [5.74, 6) is 2.80. The Labute approximate surface area is 195 Å². The SMILES string of the molecule is CCc1nn(-c2ccc(OC)cc2)c(Oc2cccc(OC)c2)c1CCC(=O)N(C)C(C)C. The average Bonchev–Trinajstić information content (AvgIpc) is 3.19. The third-order valence-corrected chi connectivity index (χ3v) is 5.68. The Hall–Kier alpha value is -3.48. The first kappa shape index (κ1) is 24.2. The van der Waals surface area contributed by atoms with Gasteiger partial charge in [0.25, 0.3) is 0 Å². The normalized spacial score (nSPS) is 10.9. The van der Waals surface area contributed by atoms with E-state index in [4.69, 9.17) is 19.3 Å². The standard InChI is InChI=1S/C26H33N3O4/c1-7-24-23(15-16-25(30)28(4)18(2)3)26(33-22-10-8-9-21(17-22)32-6)29(27-24)19-11-13-20(31-5)14-12-19/h8-14,17-18H,7,15-16H2,1-6H3. The Bertz CT molecular complexity index is 1070. The summed E-state index contributed by atoms with van der Waals surface area (Å²) in [6.45, 7) is 6.07. The van der Waals surface area contributed by atoms with E-state index in [1.807, 2.05) is 69.4 Å². The van der Waals surface area contributed by atoms with Crippen molar-refractivity contribution in [3.8, 4) is 28.8 Å². The van der Waals surface area contributed by atoms with Crippen LogP contribution in [0.5, 0.6) is 23.1 Å². The summed E-state index contributed by atoms with van der Waals surface area (Å²) in [7, 11) is 5.10. The molecule has 1 amide bonds. The van der Waals surface area contributed by atoms with Crippen LogP contribution in [-0.4, -0.2) is 47.9 Å². The van der Waals surface area contributed by atoms with Gasteiger partial charge in [0.15, 0.2) is 0 Å². The summed E-state index contributed by atoms with van der Waals surface area (Å²) in [6.07, 6.45) is 1.64. The number of methoxy groups -OCH3 is 2. The molecule has 0 saturated carbocycles. The maximum atomic E-state index is 12.7. The van der Waals surface area contributed by atoms with Crippen molar-refractivity contribution in [3.63, 3.8) is 0 Å². The van der Waals surface area contributed by atoms with E-state index in [2.05, 4.69) is 6.92 Å². The van der Waals surface area contributed by atoms with E-state index < -0.39 is 0 Å². The molecule has 1 aromatic heterocycles. The number of benzene rings is 2. The molecule has 0 aliphatic heterocycles. The fourth-order valence-corrected chi connectivity index (χ4v) is 3.49. The fourth-order valence-electron chi connectivity index (χ4n) is 3.49. The maximum Gasteiger partial charge on any atom is 0.226 e. The van der Waals surface area contributed by atoms with Gasteiger partial charge in [-0.25, -0.2) is 4.68 Å². The molecule has 0 aliphatic carbocycles. The van der Waals surface area contributed by atoms with Crippen molar-refractivity contribution in [2.45, 2.75) is 46.1 Å². The molecule has 2 aromatic carbocycles. The molecule has 33 heavy (non-hydrogen) atoms. The molecule has 7 heteroatoms. The van der Waals surface area contributed by atoms with E-state index in [-0.39, 0.29) is 11.9 Å². The van der Waals surface area contributed by atoms with Crippen molar-refractivity contribution in [1.82, 2.24) is 14.7 Å². The zero-order valence-corrected chi connectivity index (χ0v) is 20.3. The highest BCUT2D eigenvalue weighted by atomic mass is 16.5. The smallest absolute Gasteiger partial charge is 0.226 e. The average molecular weight is 452 g/mol. The van der Waals surface area contributed by atoms with E-state index >= 15 is 0 Å². The minimum atomic E-state index is 0.0941. The van der Waals surface area contributed by atoms with Gasteiger partial charge in [0.05, 0.1) is 25.6 Å². The third-order valence-electron chi connectivity index (χ3n) is 5.68. The quantitative estimate of drug-likeness (QED) is 0.432. The van der Waals surface area contributed by atoms with Crippen LogP contribution in [0.25, 0.3) is 5.69 Å². The van der Waals surface area contributed by atoms with Crippen molar-refractivity contribution in [1.29, 1.82) is 0 Å². The van der Waals surface area contributed by atoms with Crippen LogP contribution in [0.2, 0.25) is 0 Å². The summed E-state index contributed by atoms with van der Waals surface area (Å²) in [5, 5.41) is 4.85. The minimum Gasteiger partial charge on any atom is -0.497 e. The van der Waals surface area contributed by atoms with Crippen molar-refractivity contribution < 1.29 is 19.0 Å². The molecule has 0 bridgehead atoms. The van der Waals surface area contributed by atoms with E-state index in [9.17, 15) is 4.79 Å². The molecule has 0 N–H and O–H groups in total. The lowest BCUT2D eigenvalue weighted by atomic mass is 10.1. The van der Waals surface area contributed by atoms with Gasteiger partial charge in [0.2, 0.25) is 11.8 Å². The molecule has 7 nitrogen and oxygen atoms in total. The first-order chi connectivity index (χ1) is 15.9. The molecule has 0 aliphatic rings. The summed E-state index contributed by atoms with van der Waals surface area (Å²) in [4.78, 5) is 14.5. The lowest BCUT2D eigenvalue weighted by molar-refractivity contribution is -0.131. The molecular weight excluding hydrogens is 418 g/mol. The lowest BCUT2D eigenvalue weighted by Gasteiger charge is -2.21. The molecule has 0 spiro atoms. The molecule has 1 heterocycles. The Kier molecular flexibility index (Phi) is 7.98. The van der Waals surface area contributed by atoms with Crippen LogP contribution in [0, 0.1) is 0 Å². The highest BCUT2D eigenvalue weighted by molar-refractivity contribution is 5.76. The topological polar surface area (TPSA) is 65.8 Å². The van der Waals surface area contributed by atoms with Crippen molar-refractivity contribution in [2.75, 3.05) is 21.3 Å². The van der Waals surface area contributed by atoms with Crippen molar-refractivity contribution in [3.05, 3.63) is 59.8 Å². The van der Waals surface area contributed by atoms with Gasteiger partial charge in [-0.05, 0) is 63.1 Å². The first-order valence-electron chi connectivity index (χ1n) is 11.2. The van der Waals surface area contributed by atoms with Crippen molar-refractivity contribution in [2.24, 2.45) is 0 Å². The predicted octanol–water partition coefficient (Wildman–Crippen LogP) is 5.04. The van der Waals surface area contributed by atoms with Gasteiger partial charge in [0.1, 0.15) is 17.2 Å². The van der Waals surface area contributed by atoms with Crippen LogP contribution in [0.15, 0.2) is 48.5 Å². The second-order valence-corrected chi connectivity index (χ2v) is 8.07. The molecular formula is C26H33N3O4. The van der Waals surface area contributed by atoms with Crippen molar-refractivity contribution >= 4 is 5.91 Å². The number of aryl methyl sites for hydroxylation is 1. The third kappa shape index (κ3) is 5.66. The summed E-state index contributed by atoms with van der Waals surface area (Å²) >= 11 is 0. The number of amides is 1. The Morgan fingerprint density at radius 2 is 1.70 bits per heavy atom. The number of rotatable bonds is 10. The lowest BCUT2D eigenvalue weighted by Crippen LogP contribution is -2.33. The molecule has 3 aromatic rings. The number of nitrogens with zero attached hydrogens (tertiary/aromatic N) is 3. The second-order valence-electron chi connectivity index (χ2n) is 8.07. The van der Waals surface area contributed by atoms with Crippen LogP contribution in [0.4, 0.5) is 0 Å². The number of carbonyl (C=O) groups is 1. The fraction of sp³-hybridized carbons (Fsp3) is 0.385. The molecule has 3 rings (SSSR count). The molecule has 0 fully saturated rings. The highest BCUT2D eigenvalue weighted by Crippen LogP contribution is 2.34. The Morgan fingerprint density at radius 1 is 1.03 bits per heavy atom. The number of hydrogen-bond donors (Lipinski definition) is 0. The van der Waals surface area contributed by atoms with Gasteiger partial charge < -0.3 is 19.1 Å². The molecule has 0 unspecified atom stereocenters. The zero-order chi connectivity index (χ0) is 24.0. The number of carbonyl (C=O) groups excluding carboxylic acids is 1. The van der Waals surface area contributed by atoms with Crippen LogP contribution < -0.4 is 14.2 Å². The number of ether oxygens (including phenoxy) is 3. The molecule has 0 saturated heterocycles. The summed E-state index contributed by atoms with van der Waals surface area (Å²) in [6, 6.07) is 15.3. The van der Waals surface area contributed by atoms with Gasteiger partial charge in [-0.3, -0.25) is 4.79 Å². The first-order valence-corrected chi connectivity index (χ1v) is 11.2. The largest absolute Gasteiger partial charge is 0.497 e. The van der Waals surface area contributed by atoms with Crippen LogP contribution in [0.1, 0.15) is 38.4 Å². The van der Waals surface area contributed by atoms with Gasteiger partial charge >= 0.3 is 0 Å². The van der Waals surface area contributed by atoms with Crippen LogP contribution >= 0.6 is 0 Å². The zero-order valence-electron chi connectivity index (χ0n) is 20.3. The van der Waals surface area contributed by atoms with E-state index in [1.165, 1.54) is 0 Å². The molecule has 0 atom stereocenters. The predicted molar refractivity (Wildman–Crippen MR) is 129 cm³/mol. The van der Waals surface area contributed by atoms with Gasteiger partial charge in [0, 0.05) is 31.1 Å². The maximum absolute atomic E-state index is 12.7. The monoisotopic (exact) mass is 451 g/mol. The van der Waals surface area contributed by atoms with Crippen LogP contribution in [0.3, 0.4) is 0 Å². The van der Waals surface area contributed by atoms with Gasteiger partial charge in [-0.15, -0.1) is 0 Å². The summed E-state index contributed by atoms with van der Waals surface area (Å²) < 4.78 is 18.8. The Morgan fingerprint density at radius 3 is 2.30 bits per heavy atom. The van der Waals surface area contributed by atoms with E-state index in [0.717, 1.165) is 29.1 Å². The molecule has 176 valence electrons. The second kappa shape index (κ2) is 10.9. The van der Waals surface area contributed by atoms with E-state index in [0.29, 0.717) is 30.2 Å². The highest BCUT2D eigenvalue weighted by Gasteiger charge is 2.22. The van der Waals surface area contributed by atoms with Gasteiger partial charge in [-0.1, -0.05) is 13.0 Å². The number of hydrogen-bond acceptors (Lipinski definition) is 5. The van der Waals surface area contributed by atoms with E-state index in [1.54, 1.807) is 23.8 Å².